The van der Waals surface area contributed by atoms with E-state index in [9.17, 15) is 0 Å². The molecule has 0 fully saturated rings. The maximum atomic E-state index is 8.89. The quantitative estimate of drug-likeness (QED) is 0.179. The van der Waals surface area contributed by atoms with Gasteiger partial charge in [-0.3, -0.25) is 0 Å². The molecule has 15 nitrogen and oxygen atoms in total. The van der Waals surface area contributed by atoms with E-state index < -0.39 is 35.8 Å². The molecule has 3 aromatic rings. The second kappa shape index (κ2) is 36.0. The first-order valence-electron chi connectivity index (χ1n) is 13.1. The average molecular weight is 844 g/mol. The van der Waals surface area contributed by atoms with Crippen LogP contribution in [0.4, 0.5) is 0 Å². The van der Waals surface area contributed by atoms with Gasteiger partial charge < -0.3 is 69.2 Å². The molecule has 0 saturated carbocycles. The topological polar surface area (TPSA) is 260 Å². The van der Waals surface area contributed by atoms with Crippen LogP contribution in [-0.4, -0.2) is 78.8 Å². The number of benzene rings is 2. The summed E-state index contributed by atoms with van der Waals surface area (Å²) in [6.45, 7) is 7.65. The minimum atomic E-state index is -1.08. The number of para-hydroxylation sites is 2. The molecule has 2 aromatic carbocycles. The van der Waals surface area contributed by atoms with E-state index >= 15 is 0 Å². The number of fused-ring (bicyclic) bond motifs is 2. The van der Waals surface area contributed by atoms with E-state index in [2.05, 4.69) is 80.5 Å². The summed E-state index contributed by atoms with van der Waals surface area (Å²) < 4.78 is 0. The zero-order valence-corrected chi connectivity index (χ0v) is 38.7. The Labute approximate surface area is 325 Å². The second-order valence-corrected chi connectivity index (χ2v) is 9.39. The van der Waals surface area contributed by atoms with Crippen molar-refractivity contribution in [2.24, 2.45) is 0 Å². The molecule has 0 spiro atoms. The number of aromatic nitrogens is 1. The number of hydrogen-bond donors (Lipinski definition) is 0. The predicted molar refractivity (Wildman–Crippen MR) is 158 cm³/mol. The van der Waals surface area contributed by atoms with Gasteiger partial charge >= 0.3 is 58.4 Å². The van der Waals surface area contributed by atoms with E-state index in [0.717, 1.165) is 65.7 Å². The van der Waals surface area contributed by atoms with Crippen molar-refractivity contribution in [3.8, 4) is 0 Å². The van der Waals surface area contributed by atoms with Crippen LogP contribution in [0.25, 0.3) is 21.8 Å². The normalized spacial score (nSPS) is 8.41. The van der Waals surface area contributed by atoms with E-state index in [0.29, 0.717) is 0 Å². The summed E-state index contributed by atoms with van der Waals surface area (Å²) in [5.74, 6) is -6.50. The fourth-order valence-electron chi connectivity index (χ4n) is 2.94. The summed E-state index contributed by atoms with van der Waals surface area (Å²) in [6, 6.07) is 15.2. The van der Waals surface area contributed by atoms with Crippen LogP contribution in [0.15, 0.2) is 42.5 Å². The summed E-state index contributed by atoms with van der Waals surface area (Å²) in [6.07, 6.45) is 0. The predicted octanol–water partition coefficient (Wildman–Crippen LogP) is -3.96. The molecule has 0 radical (unpaired) electrons. The zero-order chi connectivity index (χ0) is 37.2. The molecule has 0 atom stereocenters. The summed E-state index contributed by atoms with van der Waals surface area (Å²) in [5, 5.41) is 55.8. The molecule has 18 heteroatoms. The molecule has 3 rings (SSSR count). The summed E-state index contributed by atoms with van der Waals surface area (Å²) >= 11 is 0. The Bertz CT molecular complexity index is 1220. The monoisotopic (exact) mass is 839 g/mol. The van der Waals surface area contributed by atoms with E-state index in [1.807, 2.05) is 0 Å². The van der Waals surface area contributed by atoms with Crippen LogP contribution in [0.5, 0.6) is 0 Å². The Kier molecular flexibility index (Phi) is 44.8. The molecule has 1 aromatic heterocycles. The molecule has 0 unspecified atom stereocenters. The minimum Gasteiger partial charge on any atom is -0.550 e. The largest absolute Gasteiger partial charge is 2.00 e. The average Bonchev–Trinajstić information content (AvgIpc) is 2.81. The fourth-order valence-corrected chi connectivity index (χ4v) is 2.94. The smallest absolute Gasteiger partial charge is 0.550 e. The maximum Gasteiger partial charge on any atom is 2.00 e. The summed E-state index contributed by atoms with van der Waals surface area (Å²) in [7, 11) is 8.38. The molecule has 49 heavy (non-hydrogen) atoms. The van der Waals surface area contributed by atoms with Crippen molar-refractivity contribution in [3.05, 3.63) is 53.6 Å². The maximum absolute atomic E-state index is 8.89. The number of carboxylic acid groups (broad SMARTS) is 6. The van der Waals surface area contributed by atoms with Crippen molar-refractivity contribution in [2.75, 3.05) is 28.2 Å². The second-order valence-electron chi connectivity index (χ2n) is 9.39. The van der Waals surface area contributed by atoms with Crippen LogP contribution in [0.2, 0.25) is 0 Å². The molecule has 0 aliphatic rings. The Hall–Kier alpha value is -3.28. The van der Waals surface area contributed by atoms with Crippen LogP contribution in [0, 0.1) is 0 Å². The number of carboxylic acids is 6. The SMILES string of the molecule is CC(=O)[O-].CC(=O)[O-].CC(=O)[O-].CC(=O)[O-].CC(=O)[O-].CC(=O)[O-].CN(C)Cc1cccc2cc3cccc(CN(C)C)c3nc12.[Zn+2].[Zn+2].[Zn+2]. The third kappa shape index (κ3) is 49.2. The van der Waals surface area contributed by atoms with Gasteiger partial charge in [-0.05, 0) is 86.9 Å². The van der Waals surface area contributed by atoms with Gasteiger partial charge in [0.15, 0.2) is 0 Å². The van der Waals surface area contributed by atoms with Crippen LogP contribution in [0.1, 0.15) is 52.7 Å². The van der Waals surface area contributed by atoms with Crippen molar-refractivity contribution in [1.82, 2.24) is 14.8 Å². The van der Waals surface area contributed by atoms with Crippen molar-refractivity contribution in [2.45, 2.75) is 54.6 Å². The van der Waals surface area contributed by atoms with Crippen LogP contribution >= 0.6 is 0 Å². The number of carbonyl (C=O) groups is 6. The first-order valence-corrected chi connectivity index (χ1v) is 13.1. The Balaban J connectivity index is -0.000000108. The van der Waals surface area contributed by atoms with Gasteiger partial charge in [0.25, 0.3) is 0 Å². The van der Waals surface area contributed by atoms with Crippen molar-refractivity contribution < 1.29 is 118 Å². The molecule has 0 bridgehead atoms. The zero-order valence-electron chi connectivity index (χ0n) is 29.8. The van der Waals surface area contributed by atoms with Crippen molar-refractivity contribution in [3.63, 3.8) is 0 Å². The summed E-state index contributed by atoms with van der Waals surface area (Å²) in [5.41, 5.74) is 4.80. The van der Waals surface area contributed by atoms with Crippen LogP contribution < -0.4 is 30.6 Å². The van der Waals surface area contributed by atoms with Crippen LogP contribution in [-0.2, 0) is 100 Å². The molecule has 0 N–H and O–H groups in total. The van der Waals surface area contributed by atoms with Gasteiger partial charge in [0, 0.05) is 59.7 Å². The fraction of sp³-hybridized carbons (Fsp3) is 0.387. The summed E-state index contributed by atoms with van der Waals surface area (Å²) in [4.78, 5) is 62.7. The first-order chi connectivity index (χ1) is 20.9. The standard InChI is InChI=1S/C19H23N3.6C2H4O2.3Zn/c1-21(2)12-16-9-5-7-14-11-15-8-6-10-17(13-22(3)4)19(15)20-18(14)16;6*1-2(3)4;;;/h5-11H,12-13H2,1-4H3;6*1H3,(H,3,4);;;/q;;;;;;;3*+2/p-6. The van der Waals surface area contributed by atoms with Gasteiger partial charge in [-0.2, -0.15) is 0 Å². The van der Waals surface area contributed by atoms with E-state index in [1.54, 1.807) is 0 Å². The number of pyridine rings is 1. The van der Waals surface area contributed by atoms with Gasteiger partial charge in [-0.1, -0.05) is 36.4 Å². The van der Waals surface area contributed by atoms with Gasteiger partial charge in [-0.15, -0.1) is 0 Å². The molecule has 1 heterocycles. The number of rotatable bonds is 4. The number of carbonyl (C=O) groups excluding carboxylic acids is 6. The minimum absolute atomic E-state index is 0. The Morgan fingerprint density at radius 3 is 0.878 bits per heavy atom. The molecule has 258 valence electrons. The number of nitrogens with zero attached hydrogens (tertiary/aromatic N) is 3. The van der Waals surface area contributed by atoms with Crippen LogP contribution in [0.3, 0.4) is 0 Å². The molecule has 0 saturated heterocycles. The first kappa shape index (κ1) is 61.0. The van der Waals surface area contributed by atoms with Crippen molar-refractivity contribution >= 4 is 57.6 Å². The molecule has 0 aliphatic carbocycles. The van der Waals surface area contributed by atoms with Gasteiger partial charge in [0.1, 0.15) is 0 Å². The van der Waals surface area contributed by atoms with Gasteiger partial charge in [0.2, 0.25) is 0 Å². The van der Waals surface area contributed by atoms with Gasteiger partial charge in [-0.25, -0.2) is 4.98 Å². The third-order valence-electron chi connectivity index (χ3n) is 3.81. The molecular formula is C31H41N3O12Zn3. The molecule has 0 aliphatic heterocycles. The Morgan fingerprint density at radius 1 is 0.490 bits per heavy atom. The molecular weight excluding hydrogens is 803 g/mol. The molecule has 0 amide bonds. The van der Waals surface area contributed by atoms with E-state index in [4.69, 9.17) is 64.4 Å². The van der Waals surface area contributed by atoms with Crippen molar-refractivity contribution in [1.29, 1.82) is 0 Å². The van der Waals surface area contributed by atoms with E-state index in [-0.39, 0.29) is 58.4 Å². The van der Waals surface area contributed by atoms with Gasteiger partial charge in [0.05, 0.1) is 11.0 Å². The Morgan fingerprint density at radius 2 is 0.694 bits per heavy atom. The third-order valence-corrected chi connectivity index (χ3v) is 3.81. The number of hydrogen-bond acceptors (Lipinski definition) is 15. The number of aliphatic carboxylic acids is 6. The van der Waals surface area contributed by atoms with E-state index in [1.165, 1.54) is 21.9 Å².